The van der Waals surface area contributed by atoms with Crippen LogP contribution in [0.4, 0.5) is 11.4 Å². The van der Waals surface area contributed by atoms with Crippen LogP contribution in [-0.2, 0) is 21.7 Å². The van der Waals surface area contributed by atoms with E-state index in [0.717, 1.165) is 45.5 Å². The van der Waals surface area contributed by atoms with E-state index in [1.807, 2.05) is 67.5 Å². The molecule has 4 aromatic rings. The zero-order valence-electron chi connectivity index (χ0n) is 20.7. The molecule has 1 aliphatic rings. The lowest BCUT2D eigenvalue weighted by Crippen LogP contribution is -2.32. The van der Waals surface area contributed by atoms with Crippen molar-refractivity contribution in [1.82, 2.24) is 4.57 Å². The second-order valence-electron chi connectivity index (χ2n) is 9.14. The Bertz CT molecular complexity index is 1480. The lowest BCUT2D eigenvalue weighted by molar-refractivity contribution is -0.114. The lowest BCUT2D eigenvalue weighted by atomic mass is 9.77. The van der Waals surface area contributed by atoms with E-state index in [9.17, 15) is 9.59 Å². The molecule has 35 heavy (non-hydrogen) atoms. The maximum atomic E-state index is 13.3. The molecule has 1 amide bonds. The van der Waals surface area contributed by atoms with Gasteiger partial charge in [0.15, 0.2) is 5.60 Å². The van der Waals surface area contributed by atoms with Gasteiger partial charge in [-0.1, -0.05) is 42.5 Å². The number of nitrogens with zero attached hydrogens (tertiary/aromatic N) is 2. The lowest BCUT2D eigenvalue weighted by Gasteiger charge is -2.33. The Morgan fingerprint density at radius 3 is 2.46 bits per heavy atom. The number of carbonyl (C=O) groups excluding carboxylic acids is 2. The predicted molar refractivity (Wildman–Crippen MR) is 139 cm³/mol. The van der Waals surface area contributed by atoms with Crippen molar-refractivity contribution in [3.05, 3.63) is 94.7 Å². The maximum Gasteiger partial charge on any atom is 0.340 e. The monoisotopic (exact) mass is 467 g/mol. The predicted octanol–water partition coefficient (Wildman–Crippen LogP) is 5.46. The molecule has 0 saturated carbocycles. The Morgan fingerprint density at radius 2 is 1.74 bits per heavy atom. The van der Waals surface area contributed by atoms with Crippen LogP contribution in [0.3, 0.4) is 0 Å². The third-order valence-corrected chi connectivity index (χ3v) is 6.88. The van der Waals surface area contributed by atoms with Gasteiger partial charge in [-0.25, -0.2) is 4.79 Å². The highest BCUT2D eigenvalue weighted by Gasteiger charge is 2.52. The molecule has 1 unspecified atom stereocenters. The topological polar surface area (TPSA) is 63.6 Å². The summed E-state index contributed by atoms with van der Waals surface area (Å²) in [6.07, 6.45) is 0. The minimum atomic E-state index is -1.22. The first kappa shape index (κ1) is 22.7. The molecule has 1 aromatic heterocycles. The zero-order valence-corrected chi connectivity index (χ0v) is 20.7. The second kappa shape index (κ2) is 8.31. The molecule has 2 heterocycles. The summed E-state index contributed by atoms with van der Waals surface area (Å²) in [5.74, 6) is -0.568. The number of anilines is 2. The molecule has 0 bridgehead atoms. The van der Waals surface area contributed by atoms with Crippen molar-refractivity contribution in [2.45, 2.75) is 32.9 Å². The van der Waals surface area contributed by atoms with Crippen molar-refractivity contribution in [1.29, 1.82) is 0 Å². The summed E-state index contributed by atoms with van der Waals surface area (Å²) < 4.78 is 8.69. The molecule has 1 N–H and O–H groups in total. The van der Waals surface area contributed by atoms with Gasteiger partial charge in [0.1, 0.15) is 0 Å². The van der Waals surface area contributed by atoms with E-state index in [0.29, 0.717) is 11.3 Å². The number of aromatic nitrogens is 1. The van der Waals surface area contributed by atoms with Gasteiger partial charge in [-0.3, -0.25) is 4.79 Å². The molecule has 1 aliphatic heterocycles. The Morgan fingerprint density at radius 1 is 1.03 bits per heavy atom. The first-order valence-electron chi connectivity index (χ1n) is 11.8. The number of rotatable bonds is 5. The zero-order chi connectivity index (χ0) is 24.9. The fourth-order valence-corrected chi connectivity index (χ4v) is 5.43. The molecule has 5 rings (SSSR count). The molecule has 178 valence electrons. The van der Waals surface area contributed by atoms with Crippen LogP contribution < -0.4 is 10.2 Å². The van der Waals surface area contributed by atoms with Crippen molar-refractivity contribution in [2.75, 3.05) is 24.3 Å². The number of nitrogens with one attached hydrogen (secondary N) is 1. The van der Waals surface area contributed by atoms with Gasteiger partial charge in [0.2, 0.25) is 5.91 Å². The summed E-state index contributed by atoms with van der Waals surface area (Å²) in [7, 11) is 3.90. The number of amides is 1. The Balaban J connectivity index is 1.95. The Hall–Kier alpha value is -4.06. The van der Waals surface area contributed by atoms with E-state index in [2.05, 4.69) is 35.9 Å². The number of hydrogen-bond acceptors (Lipinski definition) is 4. The van der Waals surface area contributed by atoms with Gasteiger partial charge in [0.25, 0.3) is 0 Å². The smallest absolute Gasteiger partial charge is 0.340 e. The second-order valence-corrected chi connectivity index (χ2v) is 9.14. The van der Waals surface area contributed by atoms with Crippen LogP contribution in [0.25, 0.3) is 10.9 Å². The van der Waals surface area contributed by atoms with E-state index in [1.165, 1.54) is 6.92 Å². The van der Waals surface area contributed by atoms with E-state index in [4.69, 9.17) is 4.74 Å². The number of para-hydroxylation sites is 1. The number of fused-ring (bicyclic) bond motifs is 2. The standard InChI is InChI=1S/C29H29N3O3/c1-6-32-18(2)27(22-12-8-10-14-26(22)32)29(23-13-9-7-11-21(23)28(34)35-29)24-16-15-20(31(4)5)17-25(24)30-19(3)33/h7-17H,6H2,1-5H3,(H,30,33). The molecule has 0 radical (unpaired) electrons. The van der Waals surface area contributed by atoms with Crippen molar-refractivity contribution in [2.24, 2.45) is 0 Å². The molecule has 3 aromatic carbocycles. The first-order chi connectivity index (χ1) is 16.8. The van der Waals surface area contributed by atoms with E-state index in [-0.39, 0.29) is 11.9 Å². The van der Waals surface area contributed by atoms with Crippen LogP contribution >= 0.6 is 0 Å². The van der Waals surface area contributed by atoms with Crippen LogP contribution in [0.15, 0.2) is 66.7 Å². The number of aryl methyl sites for hydroxylation is 1. The van der Waals surface area contributed by atoms with E-state index < -0.39 is 5.60 Å². The first-order valence-corrected chi connectivity index (χ1v) is 11.8. The van der Waals surface area contributed by atoms with Gasteiger partial charge in [-0.2, -0.15) is 0 Å². The van der Waals surface area contributed by atoms with Gasteiger partial charge in [0.05, 0.1) is 11.3 Å². The fraction of sp³-hybridized carbons (Fsp3) is 0.241. The number of benzene rings is 3. The van der Waals surface area contributed by atoms with E-state index >= 15 is 0 Å². The van der Waals surface area contributed by atoms with Crippen molar-refractivity contribution < 1.29 is 14.3 Å². The van der Waals surface area contributed by atoms with Gasteiger partial charge < -0.3 is 19.5 Å². The normalized spacial score (nSPS) is 16.8. The summed E-state index contributed by atoms with van der Waals surface area (Å²) in [4.78, 5) is 27.6. The fourth-order valence-electron chi connectivity index (χ4n) is 5.43. The van der Waals surface area contributed by atoms with Crippen molar-refractivity contribution in [3.8, 4) is 0 Å². The van der Waals surface area contributed by atoms with E-state index in [1.54, 1.807) is 6.07 Å². The third-order valence-electron chi connectivity index (χ3n) is 6.88. The van der Waals surface area contributed by atoms with Crippen LogP contribution in [0.1, 0.15) is 46.6 Å². The molecule has 0 fully saturated rings. The highest BCUT2D eigenvalue weighted by atomic mass is 16.6. The quantitative estimate of drug-likeness (QED) is 0.396. The number of cyclic esters (lactones) is 1. The SMILES string of the molecule is CCn1c(C)c(C2(c3ccc(N(C)C)cc3NC(C)=O)OC(=O)c3ccccc32)c2ccccc21. The molecule has 0 aliphatic carbocycles. The molecule has 1 atom stereocenters. The summed E-state index contributed by atoms with van der Waals surface area (Å²) in [6, 6.07) is 21.6. The highest BCUT2D eigenvalue weighted by Crippen LogP contribution is 2.53. The average Bonchev–Trinajstić information content (AvgIpc) is 3.29. The van der Waals surface area contributed by atoms with Crippen LogP contribution in [0.2, 0.25) is 0 Å². The Kier molecular flexibility index (Phi) is 5.39. The molecule has 6 nitrogen and oxygen atoms in total. The number of carbonyl (C=O) groups is 2. The van der Waals surface area contributed by atoms with Crippen molar-refractivity contribution in [3.63, 3.8) is 0 Å². The minimum absolute atomic E-state index is 0.192. The minimum Gasteiger partial charge on any atom is -0.440 e. The van der Waals surface area contributed by atoms with Gasteiger partial charge in [-0.05, 0) is 38.1 Å². The van der Waals surface area contributed by atoms with Crippen molar-refractivity contribution >= 4 is 34.2 Å². The van der Waals surface area contributed by atoms with Gasteiger partial charge in [0, 0.05) is 66.5 Å². The number of esters is 1. The summed E-state index contributed by atoms with van der Waals surface area (Å²) in [6.45, 7) is 6.44. The molecule has 0 saturated heterocycles. The summed E-state index contributed by atoms with van der Waals surface area (Å²) in [5.41, 5.74) is 5.36. The summed E-state index contributed by atoms with van der Waals surface area (Å²) in [5, 5.41) is 4.03. The van der Waals surface area contributed by atoms with Gasteiger partial charge >= 0.3 is 5.97 Å². The van der Waals surface area contributed by atoms with Crippen LogP contribution in [0.5, 0.6) is 0 Å². The number of hydrogen-bond donors (Lipinski definition) is 1. The molecule has 6 heteroatoms. The number of ether oxygens (including phenoxy) is 1. The molecule has 0 spiro atoms. The largest absolute Gasteiger partial charge is 0.440 e. The Labute approximate surface area is 205 Å². The van der Waals surface area contributed by atoms with Crippen LogP contribution in [0, 0.1) is 6.92 Å². The molecular weight excluding hydrogens is 438 g/mol. The molecular formula is C29H29N3O3. The van der Waals surface area contributed by atoms with Crippen LogP contribution in [-0.4, -0.2) is 30.5 Å². The highest BCUT2D eigenvalue weighted by molar-refractivity contribution is 6.00. The third kappa shape index (κ3) is 3.32. The average molecular weight is 468 g/mol. The summed E-state index contributed by atoms with van der Waals surface area (Å²) >= 11 is 0. The van der Waals surface area contributed by atoms with Gasteiger partial charge in [-0.15, -0.1) is 0 Å². The maximum absolute atomic E-state index is 13.3.